The molecule has 0 radical (unpaired) electrons. The number of anilines is 1. The molecule has 2 heterocycles. The summed E-state index contributed by atoms with van der Waals surface area (Å²) >= 11 is 0. The fourth-order valence-electron chi connectivity index (χ4n) is 5.93. The maximum atomic E-state index is 8.12. The molecule has 4 heteroatoms. The summed E-state index contributed by atoms with van der Waals surface area (Å²) in [5.41, 5.74) is 5.25. The molecule has 1 aliphatic carbocycles. The van der Waals surface area contributed by atoms with E-state index in [-0.39, 0.29) is 0 Å². The Balaban J connectivity index is 1.52. The molecule has 3 fully saturated rings. The number of nitrogens with zero attached hydrogens (tertiary/aromatic N) is 1. The molecule has 4 nitrogen and oxygen atoms in total. The van der Waals surface area contributed by atoms with Crippen LogP contribution in [0.5, 0.6) is 0 Å². The fraction of sp³-hybridized carbons (Fsp3) is 0.731. The van der Waals surface area contributed by atoms with Crippen LogP contribution in [0.2, 0.25) is 0 Å². The highest BCUT2D eigenvalue weighted by Gasteiger charge is 2.28. The van der Waals surface area contributed by atoms with Crippen molar-refractivity contribution >= 4 is 11.9 Å². The lowest BCUT2D eigenvalue weighted by Crippen LogP contribution is -2.46. The van der Waals surface area contributed by atoms with Crippen LogP contribution < -0.4 is 10.6 Å². The van der Waals surface area contributed by atoms with Crippen LogP contribution in [0.3, 0.4) is 0 Å². The maximum absolute atomic E-state index is 8.12. The summed E-state index contributed by atoms with van der Waals surface area (Å²) in [6.07, 6.45) is 13.1. The summed E-state index contributed by atoms with van der Waals surface area (Å²) in [5, 5.41) is 15.5. The third kappa shape index (κ3) is 5.26. The van der Waals surface area contributed by atoms with Crippen molar-refractivity contribution in [3.63, 3.8) is 0 Å². The average molecular weight is 411 g/mol. The van der Waals surface area contributed by atoms with Crippen molar-refractivity contribution < 1.29 is 0 Å². The van der Waals surface area contributed by atoms with Gasteiger partial charge in [-0.15, -0.1) is 0 Å². The highest BCUT2D eigenvalue weighted by atomic mass is 15.2. The van der Waals surface area contributed by atoms with E-state index in [2.05, 4.69) is 41.5 Å². The van der Waals surface area contributed by atoms with Gasteiger partial charge >= 0.3 is 0 Å². The molecular formula is C26H42N4. The van der Waals surface area contributed by atoms with E-state index in [1.54, 1.807) is 6.21 Å². The standard InChI is InChI=1S/C26H42N4/c1-19(2)15-22-16-21(17-26(25(22)18-27)29-23-5-3-4-6-23)20-9-13-30(14-10-20)24-7-11-28-12-8-24/h16-20,23-24,27-29H,3-15H2,1-2H3. The summed E-state index contributed by atoms with van der Waals surface area (Å²) in [5.74, 6) is 1.28. The van der Waals surface area contributed by atoms with Gasteiger partial charge in [-0.25, -0.2) is 0 Å². The van der Waals surface area contributed by atoms with Gasteiger partial charge in [0, 0.05) is 29.5 Å². The monoisotopic (exact) mass is 410 g/mol. The number of benzene rings is 1. The van der Waals surface area contributed by atoms with Crippen LogP contribution in [0, 0.1) is 11.3 Å². The molecule has 1 aromatic carbocycles. The minimum Gasteiger partial charge on any atom is -0.382 e. The average Bonchev–Trinajstić information content (AvgIpc) is 3.27. The van der Waals surface area contributed by atoms with Crippen LogP contribution in [0.25, 0.3) is 0 Å². The highest BCUT2D eigenvalue weighted by Crippen LogP contribution is 2.35. The number of piperidine rings is 2. The lowest BCUT2D eigenvalue weighted by atomic mass is 9.84. The van der Waals surface area contributed by atoms with Crippen molar-refractivity contribution in [2.45, 2.75) is 89.6 Å². The Morgan fingerprint density at radius 2 is 1.77 bits per heavy atom. The van der Waals surface area contributed by atoms with Crippen LogP contribution >= 0.6 is 0 Å². The molecule has 0 unspecified atom stereocenters. The maximum Gasteiger partial charge on any atom is 0.0436 e. The summed E-state index contributed by atoms with van der Waals surface area (Å²) in [7, 11) is 0. The molecule has 0 spiro atoms. The van der Waals surface area contributed by atoms with Crippen molar-refractivity contribution in [2.24, 2.45) is 5.92 Å². The Kier molecular flexibility index (Phi) is 7.48. The molecule has 166 valence electrons. The normalized spacial score (nSPS) is 22.6. The van der Waals surface area contributed by atoms with E-state index < -0.39 is 0 Å². The molecule has 4 rings (SSSR count). The first-order chi connectivity index (χ1) is 14.6. The second-order valence-electron chi connectivity index (χ2n) is 10.3. The van der Waals surface area contributed by atoms with E-state index in [9.17, 15) is 0 Å². The summed E-state index contributed by atoms with van der Waals surface area (Å²) < 4.78 is 0. The minimum absolute atomic E-state index is 0.590. The quantitative estimate of drug-likeness (QED) is 0.544. The smallest absolute Gasteiger partial charge is 0.0436 e. The predicted molar refractivity (Wildman–Crippen MR) is 128 cm³/mol. The molecule has 3 aliphatic rings. The third-order valence-corrected chi connectivity index (χ3v) is 7.60. The summed E-state index contributed by atoms with van der Waals surface area (Å²) in [6, 6.07) is 6.24. The lowest BCUT2D eigenvalue weighted by Gasteiger charge is -2.39. The van der Waals surface area contributed by atoms with Crippen molar-refractivity contribution in [1.82, 2.24) is 10.2 Å². The molecule has 1 saturated carbocycles. The number of likely N-dealkylation sites (tertiary alicyclic amines) is 1. The SMILES string of the molecule is CC(C)Cc1cc(C2CCN(C3CCNCC3)CC2)cc(NC2CCCC2)c1C=N. The third-order valence-electron chi connectivity index (χ3n) is 7.60. The van der Waals surface area contributed by atoms with E-state index >= 15 is 0 Å². The van der Waals surface area contributed by atoms with E-state index in [1.165, 1.54) is 94.4 Å². The first-order valence-corrected chi connectivity index (χ1v) is 12.5. The Labute approximate surface area is 183 Å². The van der Waals surface area contributed by atoms with Crippen LogP contribution in [0.15, 0.2) is 12.1 Å². The zero-order valence-electron chi connectivity index (χ0n) is 19.2. The van der Waals surface area contributed by atoms with Crippen molar-refractivity contribution in [3.8, 4) is 0 Å². The van der Waals surface area contributed by atoms with Crippen molar-refractivity contribution in [1.29, 1.82) is 5.41 Å². The summed E-state index contributed by atoms with van der Waals surface area (Å²) in [4.78, 5) is 2.76. The van der Waals surface area contributed by atoms with Crippen molar-refractivity contribution in [2.75, 3.05) is 31.5 Å². The molecule has 30 heavy (non-hydrogen) atoms. The molecule has 0 atom stereocenters. The number of nitrogens with one attached hydrogen (secondary N) is 3. The molecular weight excluding hydrogens is 368 g/mol. The van der Waals surface area contributed by atoms with Gasteiger partial charge in [0.25, 0.3) is 0 Å². The molecule has 2 aliphatic heterocycles. The molecule has 3 N–H and O–H groups in total. The number of rotatable bonds is 7. The van der Waals surface area contributed by atoms with Crippen LogP contribution in [0.1, 0.15) is 87.8 Å². The first kappa shape index (κ1) is 21.8. The minimum atomic E-state index is 0.590. The van der Waals surface area contributed by atoms with Crippen molar-refractivity contribution in [3.05, 3.63) is 28.8 Å². The Morgan fingerprint density at radius 3 is 2.40 bits per heavy atom. The van der Waals surface area contributed by atoms with Gasteiger partial charge in [0.2, 0.25) is 0 Å². The molecule has 0 amide bonds. The summed E-state index contributed by atoms with van der Waals surface area (Å²) in [6.45, 7) is 9.44. The van der Waals surface area contributed by atoms with E-state index in [4.69, 9.17) is 5.41 Å². The van der Waals surface area contributed by atoms with E-state index in [0.717, 1.165) is 18.0 Å². The zero-order valence-corrected chi connectivity index (χ0v) is 19.2. The van der Waals surface area contributed by atoms with Gasteiger partial charge in [-0.3, -0.25) is 0 Å². The van der Waals surface area contributed by atoms with Crippen LogP contribution in [-0.4, -0.2) is 49.4 Å². The second-order valence-corrected chi connectivity index (χ2v) is 10.3. The lowest BCUT2D eigenvalue weighted by molar-refractivity contribution is 0.127. The van der Waals surface area contributed by atoms with Gasteiger partial charge in [-0.05, 0) is 100 Å². The van der Waals surface area contributed by atoms with Gasteiger partial charge in [-0.1, -0.05) is 32.8 Å². The molecule has 0 aromatic heterocycles. The predicted octanol–water partition coefficient (Wildman–Crippen LogP) is 5.17. The van der Waals surface area contributed by atoms with Gasteiger partial charge in [-0.2, -0.15) is 0 Å². The topological polar surface area (TPSA) is 51.1 Å². The zero-order chi connectivity index (χ0) is 20.9. The molecule has 0 bridgehead atoms. The fourth-order valence-corrected chi connectivity index (χ4v) is 5.93. The van der Waals surface area contributed by atoms with Gasteiger partial charge in [0.1, 0.15) is 0 Å². The van der Waals surface area contributed by atoms with Gasteiger partial charge in [0.15, 0.2) is 0 Å². The first-order valence-electron chi connectivity index (χ1n) is 12.5. The molecule has 2 saturated heterocycles. The van der Waals surface area contributed by atoms with Crippen LogP contribution in [0.4, 0.5) is 5.69 Å². The highest BCUT2D eigenvalue weighted by molar-refractivity contribution is 5.88. The second kappa shape index (κ2) is 10.3. The van der Waals surface area contributed by atoms with Gasteiger partial charge < -0.3 is 20.9 Å². The Morgan fingerprint density at radius 1 is 1.07 bits per heavy atom. The largest absolute Gasteiger partial charge is 0.382 e. The van der Waals surface area contributed by atoms with Gasteiger partial charge in [0.05, 0.1) is 0 Å². The number of hydrogen-bond donors (Lipinski definition) is 3. The Bertz CT molecular complexity index is 693. The Hall–Kier alpha value is -1.39. The number of hydrogen-bond acceptors (Lipinski definition) is 4. The van der Waals surface area contributed by atoms with Crippen LogP contribution in [-0.2, 0) is 6.42 Å². The van der Waals surface area contributed by atoms with E-state index in [0.29, 0.717) is 17.9 Å². The van der Waals surface area contributed by atoms with E-state index in [1.807, 2.05) is 0 Å². The molecule has 1 aromatic rings.